The summed E-state index contributed by atoms with van der Waals surface area (Å²) in [7, 11) is 0. The van der Waals surface area contributed by atoms with Gasteiger partial charge in [0.05, 0.1) is 5.70 Å². The first-order valence-corrected chi connectivity index (χ1v) is 12.8. The molecule has 0 bridgehead atoms. The average molecular weight is 514 g/mol. The number of allylic oxidation sites excluding steroid dienone is 1. The zero-order chi connectivity index (χ0) is 24.9. The van der Waals surface area contributed by atoms with Gasteiger partial charge >= 0.3 is 0 Å². The maximum absolute atomic E-state index is 6.46. The van der Waals surface area contributed by atoms with E-state index in [9.17, 15) is 0 Å². The summed E-state index contributed by atoms with van der Waals surface area (Å²) >= 11 is 12.6. The Bertz CT molecular complexity index is 1150. The van der Waals surface area contributed by atoms with Crippen molar-refractivity contribution in [2.24, 2.45) is 11.5 Å². The van der Waals surface area contributed by atoms with E-state index in [0.717, 1.165) is 60.8 Å². The molecule has 2 aliphatic heterocycles. The number of hydrogen-bond donors (Lipinski definition) is 4. The molecule has 2 aliphatic rings. The molecule has 0 unspecified atom stereocenters. The molecule has 0 amide bonds. The number of nitrogens with zero attached hydrogens (tertiary/aromatic N) is 2. The number of nitrogens with one attached hydrogen (secondary N) is 2. The van der Waals surface area contributed by atoms with Crippen LogP contribution in [0.4, 0.5) is 5.69 Å². The third kappa shape index (κ3) is 6.00. The molecule has 0 aromatic heterocycles. The Kier molecular flexibility index (Phi) is 8.04. The summed E-state index contributed by atoms with van der Waals surface area (Å²) in [6, 6.07) is 11.9. The maximum atomic E-state index is 6.46. The van der Waals surface area contributed by atoms with E-state index < -0.39 is 0 Å². The standard InChI is InChI=1S/C27H34Cl2N6/c1-3-19-14-20(18(2)34-11-4-5-12-34)6-9-24(19)33-26(30)16-25-27(31)32-10-13-35(25)17-21-15-22(28)7-8-23(21)29/h6-9,14-16,32-33H,2-5,10-13,17,30-31H2,1H3/b26-16+. The van der Waals surface area contributed by atoms with Crippen molar-refractivity contribution in [2.45, 2.75) is 32.7 Å². The fourth-order valence-corrected chi connectivity index (χ4v) is 4.98. The molecule has 1 fully saturated rings. The highest BCUT2D eigenvalue weighted by atomic mass is 35.5. The molecule has 0 radical (unpaired) electrons. The third-order valence-corrected chi connectivity index (χ3v) is 7.16. The van der Waals surface area contributed by atoms with Gasteiger partial charge in [-0.25, -0.2) is 0 Å². The van der Waals surface area contributed by atoms with Gasteiger partial charge in [0, 0.05) is 60.2 Å². The summed E-state index contributed by atoms with van der Waals surface area (Å²) in [6.45, 7) is 10.7. The number of hydrogen-bond acceptors (Lipinski definition) is 6. The molecule has 4 rings (SSSR count). The van der Waals surface area contributed by atoms with Crippen LogP contribution in [-0.4, -0.2) is 36.0 Å². The molecule has 0 atom stereocenters. The lowest BCUT2D eigenvalue weighted by Crippen LogP contribution is -2.41. The Hall–Kier alpha value is -2.96. The van der Waals surface area contributed by atoms with Crippen LogP contribution in [0.15, 0.2) is 66.4 Å². The smallest absolute Gasteiger partial charge is 0.120 e. The summed E-state index contributed by atoms with van der Waals surface area (Å²) in [5, 5.41) is 7.92. The van der Waals surface area contributed by atoms with Gasteiger partial charge in [0.1, 0.15) is 11.6 Å². The molecule has 0 saturated carbocycles. The van der Waals surface area contributed by atoms with Gasteiger partial charge in [-0.2, -0.15) is 0 Å². The van der Waals surface area contributed by atoms with Crippen molar-refractivity contribution in [3.8, 4) is 0 Å². The lowest BCUT2D eigenvalue weighted by Gasteiger charge is -2.32. The van der Waals surface area contributed by atoms with E-state index in [1.807, 2.05) is 18.2 Å². The van der Waals surface area contributed by atoms with Gasteiger partial charge in [-0.05, 0) is 66.3 Å². The summed E-state index contributed by atoms with van der Waals surface area (Å²) in [5.74, 6) is 1.08. The van der Waals surface area contributed by atoms with Crippen LogP contribution in [0.2, 0.25) is 10.0 Å². The molecule has 6 nitrogen and oxygen atoms in total. The fourth-order valence-electron chi connectivity index (χ4n) is 4.61. The average Bonchev–Trinajstić information content (AvgIpc) is 3.38. The fraction of sp³-hybridized carbons (Fsp3) is 0.333. The van der Waals surface area contributed by atoms with Crippen molar-refractivity contribution in [1.29, 1.82) is 0 Å². The van der Waals surface area contributed by atoms with Gasteiger partial charge in [-0.15, -0.1) is 0 Å². The normalized spacial score (nSPS) is 16.5. The molecule has 0 spiro atoms. The molecule has 6 N–H and O–H groups in total. The van der Waals surface area contributed by atoms with Crippen LogP contribution in [0.25, 0.3) is 5.70 Å². The number of nitrogens with two attached hydrogens (primary N) is 2. The number of benzene rings is 2. The van der Waals surface area contributed by atoms with E-state index in [4.69, 9.17) is 34.7 Å². The topological polar surface area (TPSA) is 82.6 Å². The van der Waals surface area contributed by atoms with Crippen molar-refractivity contribution in [3.63, 3.8) is 0 Å². The molecular weight excluding hydrogens is 479 g/mol. The Morgan fingerprint density at radius 1 is 1.11 bits per heavy atom. The summed E-state index contributed by atoms with van der Waals surface area (Å²) < 4.78 is 0. The van der Waals surface area contributed by atoms with Crippen LogP contribution in [0.5, 0.6) is 0 Å². The van der Waals surface area contributed by atoms with Gasteiger partial charge in [0.2, 0.25) is 0 Å². The van der Waals surface area contributed by atoms with Crippen LogP contribution in [-0.2, 0) is 13.0 Å². The van der Waals surface area contributed by atoms with E-state index in [0.29, 0.717) is 28.2 Å². The summed E-state index contributed by atoms with van der Waals surface area (Å²) in [4.78, 5) is 4.52. The van der Waals surface area contributed by atoms with Crippen molar-refractivity contribution in [2.75, 3.05) is 31.5 Å². The number of aryl methyl sites for hydroxylation is 1. The van der Waals surface area contributed by atoms with Gasteiger partial charge in [0.25, 0.3) is 0 Å². The van der Waals surface area contributed by atoms with E-state index >= 15 is 0 Å². The number of halogens is 2. The van der Waals surface area contributed by atoms with Crippen LogP contribution in [0.1, 0.15) is 36.5 Å². The number of rotatable bonds is 8. The summed E-state index contributed by atoms with van der Waals surface area (Å²) in [5.41, 5.74) is 19.0. The third-order valence-electron chi connectivity index (χ3n) is 6.56. The highest BCUT2D eigenvalue weighted by molar-refractivity contribution is 6.33. The molecule has 186 valence electrons. The SMILES string of the molecule is C=C(c1ccc(N/C(N)=C/C2=C(N)NCCN2Cc2cc(Cl)ccc2Cl)c(CC)c1)N1CCCC1. The molecule has 35 heavy (non-hydrogen) atoms. The molecular formula is C27H34Cl2N6. The van der Waals surface area contributed by atoms with Gasteiger partial charge in [-0.3, -0.25) is 0 Å². The Morgan fingerprint density at radius 2 is 1.89 bits per heavy atom. The monoisotopic (exact) mass is 512 g/mol. The van der Waals surface area contributed by atoms with E-state index in [1.54, 1.807) is 6.07 Å². The predicted molar refractivity (Wildman–Crippen MR) is 148 cm³/mol. The maximum Gasteiger partial charge on any atom is 0.120 e. The lowest BCUT2D eigenvalue weighted by atomic mass is 10.0. The minimum atomic E-state index is 0.509. The van der Waals surface area contributed by atoms with Crippen molar-refractivity contribution < 1.29 is 0 Å². The zero-order valence-corrected chi connectivity index (χ0v) is 21.7. The second kappa shape index (κ2) is 11.2. The zero-order valence-electron chi connectivity index (χ0n) is 20.2. The van der Waals surface area contributed by atoms with E-state index in [-0.39, 0.29) is 0 Å². The Labute approximate surface area is 218 Å². The summed E-state index contributed by atoms with van der Waals surface area (Å²) in [6.07, 6.45) is 5.21. The first kappa shape index (κ1) is 25.1. The predicted octanol–water partition coefficient (Wildman–Crippen LogP) is 5.07. The second-order valence-electron chi connectivity index (χ2n) is 8.97. The minimum Gasteiger partial charge on any atom is -0.385 e. The minimum absolute atomic E-state index is 0.509. The van der Waals surface area contributed by atoms with E-state index in [1.165, 1.54) is 18.4 Å². The van der Waals surface area contributed by atoms with Gasteiger partial charge < -0.3 is 31.9 Å². The number of likely N-dealkylation sites (tertiary alicyclic amines) is 1. The largest absolute Gasteiger partial charge is 0.385 e. The molecule has 2 aromatic rings. The van der Waals surface area contributed by atoms with Crippen LogP contribution in [0, 0.1) is 0 Å². The lowest BCUT2D eigenvalue weighted by molar-refractivity contribution is 0.321. The highest BCUT2D eigenvalue weighted by Gasteiger charge is 2.19. The molecule has 2 aromatic carbocycles. The quantitative estimate of drug-likeness (QED) is 0.395. The first-order valence-electron chi connectivity index (χ1n) is 12.1. The van der Waals surface area contributed by atoms with Crippen molar-refractivity contribution in [1.82, 2.24) is 15.1 Å². The molecule has 2 heterocycles. The van der Waals surface area contributed by atoms with E-state index in [2.05, 4.69) is 52.1 Å². The van der Waals surface area contributed by atoms with Crippen LogP contribution in [0.3, 0.4) is 0 Å². The van der Waals surface area contributed by atoms with Crippen LogP contribution >= 0.6 is 23.2 Å². The highest BCUT2D eigenvalue weighted by Crippen LogP contribution is 2.28. The second-order valence-corrected chi connectivity index (χ2v) is 9.82. The van der Waals surface area contributed by atoms with Crippen molar-refractivity contribution in [3.05, 3.63) is 93.1 Å². The Morgan fingerprint density at radius 3 is 2.63 bits per heavy atom. The first-order chi connectivity index (χ1) is 16.9. The molecule has 8 heteroatoms. The number of anilines is 1. The molecule has 1 saturated heterocycles. The van der Waals surface area contributed by atoms with Gasteiger partial charge in [0.15, 0.2) is 0 Å². The van der Waals surface area contributed by atoms with Crippen molar-refractivity contribution >= 4 is 34.6 Å². The Balaban J connectivity index is 1.53. The van der Waals surface area contributed by atoms with Crippen LogP contribution < -0.4 is 22.1 Å². The van der Waals surface area contributed by atoms with Gasteiger partial charge in [-0.1, -0.05) is 42.8 Å². The molecule has 0 aliphatic carbocycles.